The van der Waals surface area contributed by atoms with E-state index in [1.54, 1.807) is 0 Å². The zero-order valence-electron chi connectivity index (χ0n) is 7.00. The number of benzene rings is 1. The van der Waals surface area contributed by atoms with Crippen molar-refractivity contribution in [3.63, 3.8) is 0 Å². The van der Waals surface area contributed by atoms with Crippen LogP contribution >= 0.6 is 0 Å². The summed E-state index contributed by atoms with van der Waals surface area (Å²) in [5.74, 6) is -0.419. The minimum absolute atomic E-state index is 0.159. The molecule has 0 unspecified atom stereocenters. The lowest BCUT2D eigenvalue weighted by Gasteiger charge is -2.09. The van der Waals surface area contributed by atoms with Crippen LogP contribution in [0.1, 0.15) is 17.2 Å². The highest BCUT2D eigenvalue weighted by atomic mass is 19.1. The number of hydrogen-bond donors (Lipinski definition) is 2. The van der Waals surface area contributed by atoms with E-state index in [0.29, 0.717) is 11.1 Å². The van der Waals surface area contributed by atoms with Crippen molar-refractivity contribution in [2.75, 3.05) is 6.54 Å². The Balaban J connectivity index is 3.12. The molecule has 3 nitrogen and oxygen atoms in total. The molecule has 0 radical (unpaired) electrons. The molecule has 0 fully saturated rings. The topological polar surface area (TPSA) is 75.8 Å². The molecule has 68 valence electrons. The summed E-state index contributed by atoms with van der Waals surface area (Å²) in [6, 6.07) is 5.42. The summed E-state index contributed by atoms with van der Waals surface area (Å²) in [5, 5.41) is 8.56. The van der Waals surface area contributed by atoms with Crippen LogP contribution in [0.25, 0.3) is 0 Å². The first kappa shape index (κ1) is 9.65. The predicted molar refractivity (Wildman–Crippen MR) is 47.1 cm³/mol. The van der Waals surface area contributed by atoms with Gasteiger partial charge in [-0.2, -0.15) is 5.26 Å². The van der Waals surface area contributed by atoms with Crippen LogP contribution in [0.4, 0.5) is 4.39 Å². The van der Waals surface area contributed by atoms with Gasteiger partial charge < -0.3 is 11.5 Å². The van der Waals surface area contributed by atoms with Crippen molar-refractivity contribution >= 4 is 0 Å². The van der Waals surface area contributed by atoms with Crippen LogP contribution < -0.4 is 11.5 Å². The molecule has 1 atom stereocenters. The van der Waals surface area contributed by atoms with E-state index < -0.39 is 11.9 Å². The van der Waals surface area contributed by atoms with Gasteiger partial charge in [-0.25, -0.2) is 4.39 Å². The van der Waals surface area contributed by atoms with Crippen molar-refractivity contribution in [3.05, 3.63) is 35.1 Å². The zero-order valence-corrected chi connectivity index (χ0v) is 7.00. The van der Waals surface area contributed by atoms with Crippen molar-refractivity contribution < 1.29 is 4.39 Å². The molecular formula is C9H10FN3. The largest absolute Gasteiger partial charge is 0.329 e. The predicted octanol–water partition coefficient (Wildman–Crippen LogP) is 0.656. The first-order valence-corrected chi connectivity index (χ1v) is 3.84. The second kappa shape index (κ2) is 3.99. The molecule has 0 amide bonds. The smallest absolute Gasteiger partial charge is 0.128 e. The summed E-state index contributed by atoms with van der Waals surface area (Å²) >= 11 is 0. The van der Waals surface area contributed by atoms with Crippen molar-refractivity contribution in [3.8, 4) is 6.07 Å². The van der Waals surface area contributed by atoms with E-state index in [9.17, 15) is 4.39 Å². The van der Waals surface area contributed by atoms with E-state index >= 15 is 0 Å². The van der Waals surface area contributed by atoms with E-state index in [4.69, 9.17) is 16.7 Å². The minimum atomic E-state index is -0.548. The zero-order chi connectivity index (χ0) is 9.84. The Morgan fingerprint density at radius 3 is 2.77 bits per heavy atom. The van der Waals surface area contributed by atoms with Crippen molar-refractivity contribution in [2.45, 2.75) is 6.04 Å². The van der Waals surface area contributed by atoms with Crippen LogP contribution in [-0.2, 0) is 0 Å². The number of nitrogens with two attached hydrogens (primary N) is 2. The molecular weight excluding hydrogens is 169 g/mol. The Kier molecular flexibility index (Phi) is 2.96. The van der Waals surface area contributed by atoms with Gasteiger partial charge in [0.2, 0.25) is 0 Å². The monoisotopic (exact) mass is 179 g/mol. The van der Waals surface area contributed by atoms with E-state index in [1.165, 1.54) is 18.2 Å². The van der Waals surface area contributed by atoms with E-state index in [0.717, 1.165) is 0 Å². The molecule has 0 bridgehead atoms. The molecule has 0 aliphatic carbocycles. The van der Waals surface area contributed by atoms with Crippen molar-refractivity contribution in [1.29, 1.82) is 5.26 Å². The van der Waals surface area contributed by atoms with Gasteiger partial charge in [-0.3, -0.25) is 0 Å². The number of rotatable bonds is 2. The lowest BCUT2D eigenvalue weighted by molar-refractivity contribution is 0.584. The number of nitrogens with zero attached hydrogens (tertiary/aromatic N) is 1. The summed E-state index contributed by atoms with van der Waals surface area (Å²) in [6.07, 6.45) is 0. The maximum absolute atomic E-state index is 13.1. The normalized spacial score (nSPS) is 12.2. The Labute approximate surface area is 75.8 Å². The first-order valence-electron chi connectivity index (χ1n) is 3.84. The Morgan fingerprint density at radius 2 is 2.23 bits per heavy atom. The third-order valence-electron chi connectivity index (χ3n) is 1.78. The number of hydrogen-bond acceptors (Lipinski definition) is 3. The fourth-order valence-electron chi connectivity index (χ4n) is 1.02. The molecule has 13 heavy (non-hydrogen) atoms. The Morgan fingerprint density at radius 1 is 1.54 bits per heavy atom. The third-order valence-corrected chi connectivity index (χ3v) is 1.78. The molecule has 1 aromatic carbocycles. The number of nitriles is 1. The highest BCUT2D eigenvalue weighted by molar-refractivity contribution is 5.35. The Hall–Kier alpha value is -1.44. The summed E-state index contributed by atoms with van der Waals surface area (Å²) < 4.78 is 13.1. The quantitative estimate of drug-likeness (QED) is 0.700. The molecule has 0 saturated carbocycles. The van der Waals surface area contributed by atoms with E-state index in [-0.39, 0.29) is 6.54 Å². The standard InChI is InChI=1S/C9H10FN3/c10-8-2-1-6(4-11)3-7(8)9(13)5-12/h1-3,9H,5,12-13H2/t9-/m0/s1. The first-order chi connectivity index (χ1) is 6.19. The summed E-state index contributed by atoms with van der Waals surface area (Å²) in [4.78, 5) is 0. The molecule has 4 heteroatoms. The summed E-state index contributed by atoms with van der Waals surface area (Å²) in [5.41, 5.74) is 11.5. The third kappa shape index (κ3) is 2.02. The van der Waals surface area contributed by atoms with Gasteiger partial charge in [-0.15, -0.1) is 0 Å². The highest BCUT2D eigenvalue weighted by Crippen LogP contribution is 2.15. The molecule has 0 aromatic heterocycles. The van der Waals surface area contributed by atoms with Crippen LogP contribution in [-0.4, -0.2) is 6.54 Å². The Bertz CT molecular complexity index is 343. The average molecular weight is 179 g/mol. The molecule has 0 spiro atoms. The van der Waals surface area contributed by atoms with Gasteiger partial charge in [0.25, 0.3) is 0 Å². The van der Waals surface area contributed by atoms with Crippen LogP contribution in [0.2, 0.25) is 0 Å². The van der Waals surface area contributed by atoms with Crippen LogP contribution in [0.5, 0.6) is 0 Å². The second-order valence-electron chi connectivity index (χ2n) is 2.69. The van der Waals surface area contributed by atoms with E-state index in [2.05, 4.69) is 0 Å². The molecule has 0 aliphatic rings. The summed E-state index contributed by atoms with van der Waals surface area (Å²) in [6.45, 7) is 0.159. The van der Waals surface area contributed by atoms with Gasteiger partial charge >= 0.3 is 0 Å². The van der Waals surface area contributed by atoms with Gasteiger partial charge in [-0.1, -0.05) is 0 Å². The molecule has 0 heterocycles. The van der Waals surface area contributed by atoms with Gasteiger partial charge in [0.15, 0.2) is 0 Å². The van der Waals surface area contributed by atoms with Crippen molar-refractivity contribution in [1.82, 2.24) is 0 Å². The molecule has 0 aliphatic heterocycles. The molecule has 4 N–H and O–H groups in total. The maximum Gasteiger partial charge on any atom is 0.128 e. The highest BCUT2D eigenvalue weighted by Gasteiger charge is 2.10. The summed E-state index contributed by atoms with van der Waals surface area (Å²) in [7, 11) is 0. The molecule has 1 rings (SSSR count). The number of halogens is 1. The van der Waals surface area contributed by atoms with Gasteiger partial charge in [0, 0.05) is 18.2 Å². The minimum Gasteiger partial charge on any atom is -0.329 e. The van der Waals surface area contributed by atoms with Gasteiger partial charge in [0.1, 0.15) is 5.82 Å². The van der Waals surface area contributed by atoms with E-state index in [1.807, 2.05) is 6.07 Å². The van der Waals surface area contributed by atoms with Crippen LogP contribution in [0.3, 0.4) is 0 Å². The van der Waals surface area contributed by atoms with Crippen LogP contribution in [0.15, 0.2) is 18.2 Å². The fourth-order valence-corrected chi connectivity index (χ4v) is 1.02. The second-order valence-corrected chi connectivity index (χ2v) is 2.69. The van der Waals surface area contributed by atoms with Crippen molar-refractivity contribution in [2.24, 2.45) is 11.5 Å². The van der Waals surface area contributed by atoms with Gasteiger partial charge in [-0.05, 0) is 18.2 Å². The molecule has 0 saturated heterocycles. The SMILES string of the molecule is N#Cc1ccc(F)c([C@@H](N)CN)c1. The lowest BCUT2D eigenvalue weighted by Crippen LogP contribution is -2.21. The lowest BCUT2D eigenvalue weighted by atomic mass is 10.0. The van der Waals surface area contributed by atoms with Crippen LogP contribution in [0, 0.1) is 17.1 Å². The average Bonchev–Trinajstić information content (AvgIpc) is 2.17. The van der Waals surface area contributed by atoms with Gasteiger partial charge in [0.05, 0.1) is 11.6 Å². The molecule has 1 aromatic rings. The fraction of sp³-hybridized carbons (Fsp3) is 0.222. The maximum atomic E-state index is 13.1.